The van der Waals surface area contributed by atoms with Gasteiger partial charge in [0.05, 0.1) is 11.4 Å². The Morgan fingerprint density at radius 1 is 1.53 bits per heavy atom. The smallest absolute Gasteiger partial charge is 0.147 e. The SMILES string of the molecule is Cn1cc(CNCCCS(C)(=O)=O)nn1. The van der Waals surface area contributed by atoms with Crippen LogP contribution in [0.15, 0.2) is 6.20 Å². The number of hydrogen-bond acceptors (Lipinski definition) is 5. The number of sulfone groups is 1. The van der Waals surface area contributed by atoms with Gasteiger partial charge in [0.15, 0.2) is 0 Å². The number of rotatable bonds is 6. The van der Waals surface area contributed by atoms with E-state index in [1.807, 2.05) is 6.20 Å². The van der Waals surface area contributed by atoms with Crippen molar-refractivity contribution in [3.05, 3.63) is 11.9 Å². The molecule has 1 aromatic rings. The molecule has 0 spiro atoms. The highest BCUT2D eigenvalue weighted by Crippen LogP contribution is 1.91. The van der Waals surface area contributed by atoms with Crippen molar-refractivity contribution in [3.8, 4) is 0 Å². The van der Waals surface area contributed by atoms with Crippen molar-refractivity contribution in [2.45, 2.75) is 13.0 Å². The zero-order chi connectivity index (χ0) is 11.3. The van der Waals surface area contributed by atoms with Gasteiger partial charge in [-0.3, -0.25) is 4.68 Å². The largest absolute Gasteiger partial charge is 0.311 e. The molecule has 1 N–H and O–H groups in total. The highest BCUT2D eigenvalue weighted by atomic mass is 32.2. The van der Waals surface area contributed by atoms with Crippen LogP contribution in [0.4, 0.5) is 0 Å². The molecule has 0 unspecified atom stereocenters. The van der Waals surface area contributed by atoms with Crippen molar-refractivity contribution in [2.24, 2.45) is 7.05 Å². The molecule has 7 heteroatoms. The molecule has 0 bridgehead atoms. The van der Waals surface area contributed by atoms with Crippen LogP contribution in [0, 0.1) is 0 Å². The molecule has 0 saturated carbocycles. The molecule has 0 aliphatic rings. The summed E-state index contributed by atoms with van der Waals surface area (Å²) in [5, 5.41) is 10.8. The molecular formula is C8H16N4O2S. The minimum Gasteiger partial charge on any atom is -0.311 e. The van der Waals surface area contributed by atoms with Crippen LogP contribution in [0.25, 0.3) is 0 Å². The predicted molar refractivity (Wildman–Crippen MR) is 57.0 cm³/mol. The zero-order valence-electron chi connectivity index (χ0n) is 8.97. The van der Waals surface area contributed by atoms with Crippen molar-refractivity contribution >= 4 is 9.84 Å². The van der Waals surface area contributed by atoms with Crippen molar-refractivity contribution in [1.82, 2.24) is 20.3 Å². The summed E-state index contributed by atoms with van der Waals surface area (Å²) in [5.74, 6) is 0.223. The highest BCUT2D eigenvalue weighted by Gasteiger charge is 2.01. The first kappa shape index (κ1) is 12.1. The van der Waals surface area contributed by atoms with E-state index >= 15 is 0 Å². The summed E-state index contributed by atoms with van der Waals surface area (Å²) >= 11 is 0. The summed E-state index contributed by atoms with van der Waals surface area (Å²) in [4.78, 5) is 0. The number of aryl methyl sites for hydroxylation is 1. The van der Waals surface area contributed by atoms with Gasteiger partial charge >= 0.3 is 0 Å². The first-order chi connectivity index (χ1) is 6.97. The van der Waals surface area contributed by atoms with Crippen LogP contribution >= 0.6 is 0 Å². The van der Waals surface area contributed by atoms with Gasteiger partial charge in [0.25, 0.3) is 0 Å². The summed E-state index contributed by atoms with van der Waals surface area (Å²) < 4.78 is 23.3. The second-order valence-corrected chi connectivity index (χ2v) is 5.80. The molecule has 0 aliphatic heterocycles. The minimum absolute atomic E-state index is 0.223. The van der Waals surface area contributed by atoms with Crippen LogP contribution < -0.4 is 5.32 Å². The lowest BCUT2D eigenvalue weighted by atomic mass is 10.4. The molecule has 0 aliphatic carbocycles. The fourth-order valence-electron chi connectivity index (χ4n) is 1.15. The van der Waals surface area contributed by atoms with Crippen molar-refractivity contribution < 1.29 is 8.42 Å². The summed E-state index contributed by atoms with van der Waals surface area (Å²) in [6.07, 6.45) is 3.69. The standard InChI is InChI=1S/C8H16N4O2S/c1-12-7-8(10-11-12)6-9-4-3-5-15(2,13)14/h7,9H,3-6H2,1-2H3. The van der Waals surface area contributed by atoms with Gasteiger partial charge in [-0.15, -0.1) is 5.10 Å². The van der Waals surface area contributed by atoms with Crippen LogP contribution in [-0.4, -0.2) is 42.0 Å². The average Bonchev–Trinajstić information content (AvgIpc) is 2.49. The van der Waals surface area contributed by atoms with E-state index in [4.69, 9.17) is 0 Å². The lowest BCUT2D eigenvalue weighted by Gasteiger charge is -2.00. The molecule has 0 atom stereocenters. The summed E-state index contributed by atoms with van der Waals surface area (Å²) in [6, 6.07) is 0. The monoisotopic (exact) mass is 232 g/mol. The maximum atomic E-state index is 10.8. The molecule has 1 heterocycles. The van der Waals surface area contributed by atoms with Gasteiger partial charge in [0.2, 0.25) is 0 Å². The summed E-state index contributed by atoms with van der Waals surface area (Å²) in [7, 11) is -1.03. The molecule has 6 nitrogen and oxygen atoms in total. The Morgan fingerprint density at radius 2 is 2.27 bits per heavy atom. The molecule has 1 rings (SSSR count). The third-order valence-corrected chi connectivity index (χ3v) is 2.86. The van der Waals surface area contributed by atoms with E-state index in [-0.39, 0.29) is 5.75 Å². The van der Waals surface area contributed by atoms with Crippen molar-refractivity contribution in [2.75, 3.05) is 18.6 Å². The third-order valence-electron chi connectivity index (χ3n) is 1.82. The molecular weight excluding hydrogens is 216 g/mol. The van der Waals surface area contributed by atoms with E-state index in [0.29, 0.717) is 19.5 Å². The van der Waals surface area contributed by atoms with Crippen LogP contribution in [0.1, 0.15) is 12.1 Å². The second-order valence-electron chi connectivity index (χ2n) is 3.54. The molecule has 86 valence electrons. The molecule has 1 aromatic heterocycles. The van der Waals surface area contributed by atoms with Crippen LogP contribution in [0.2, 0.25) is 0 Å². The van der Waals surface area contributed by atoms with Crippen molar-refractivity contribution in [3.63, 3.8) is 0 Å². The first-order valence-electron chi connectivity index (χ1n) is 4.71. The van der Waals surface area contributed by atoms with Gasteiger partial charge in [-0.05, 0) is 13.0 Å². The number of hydrogen-bond donors (Lipinski definition) is 1. The zero-order valence-corrected chi connectivity index (χ0v) is 9.79. The maximum Gasteiger partial charge on any atom is 0.147 e. The minimum atomic E-state index is -2.84. The Kier molecular flexibility index (Phi) is 4.22. The van der Waals surface area contributed by atoms with Gasteiger partial charge in [-0.1, -0.05) is 5.21 Å². The predicted octanol–water partition coefficient (Wildman–Crippen LogP) is -0.661. The lowest BCUT2D eigenvalue weighted by Crippen LogP contribution is -2.18. The normalized spacial score (nSPS) is 11.9. The number of nitrogens with one attached hydrogen (secondary N) is 1. The highest BCUT2D eigenvalue weighted by molar-refractivity contribution is 7.90. The number of nitrogens with zero attached hydrogens (tertiary/aromatic N) is 3. The topological polar surface area (TPSA) is 76.9 Å². The van der Waals surface area contributed by atoms with E-state index in [1.165, 1.54) is 6.26 Å². The van der Waals surface area contributed by atoms with Crippen LogP contribution in [0.3, 0.4) is 0 Å². The maximum absolute atomic E-state index is 10.8. The molecule has 0 radical (unpaired) electrons. The second kappa shape index (κ2) is 5.22. The average molecular weight is 232 g/mol. The number of aromatic nitrogens is 3. The Labute approximate surface area is 89.6 Å². The van der Waals surface area contributed by atoms with Gasteiger partial charge in [0, 0.05) is 26.0 Å². The van der Waals surface area contributed by atoms with Gasteiger partial charge < -0.3 is 5.32 Å². The fraction of sp³-hybridized carbons (Fsp3) is 0.750. The molecule has 0 saturated heterocycles. The van der Waals surface area contributed by atoms with E-state index in [9.17, 15) is 8.42 Å². The van der Waals surface area contributed by atoms with E-state index < -0.39 is 9.84 Å². The lowest BCUT2D eigenvalue weighted by molar-refractivity contribution is 0.593. The molecule has 0 amide bonds. The molecule has 15 heavy (non-hydrogen) atoms. The van der Waals surface area contributed by atoms with Gasteiger partial charge in [0.1, 0.15) is 9.84 Å². The van der Waals surface area contributed by atoms with Gasteiger partial charge in [-0.25, -0.2) is 8.42 Å². The van der Waals surface area contributed by atoms with E-state index in [1.54, 1.807) is 11.7 Å². The fourth-order valence-corrected chi connectivity index (χ4v) is 1.82. The Bertz CT molecular complexity index is 399. The summed E-state index contributed by atoms with van der Waals surface area (Å²) in [5.41, 5.74) is 0.858. The van der Waals surface area contributed by atoms with E-state index in [0.717, 1.165) is 5.69 Å². The molecule has 0 fully saturated rings. The summed E-state index contributed by atoms with van der Waals surface area (Å²) in [6.45, 7) is 1.29. The molecule has 0 aromatic carbocycles. The van der Waals surface area contributed by atoms with Gasteiger partial charge in [-0.2, -0.15) is 0 Å². The van der Waals surface area contributed by atoms with Crippen LogP contribution in [0.5, 0.6) is 0 Å². The third kappa shape index (κ3) is 5.48. The first-order valence-corrected chi connectivity index (χ1v) is 6.77. The Balaban J connectivity index is 2.12. The van der Waals surface area contributed by atoms with E-state index in [2.05, 4.69) is 15.6 Å². The van der Waals surface area contributed by atoms with Crippen LogP contribution in [-0.2, 0) is 23.4 Å². The Hall–Kier alpha value is -0.950. The quantitative estimate of drug-likeness (QED) is 0.659. The van der Waals surface area contributed by atoms with Crippen molar-refractivity contribution in [1.29, 1.82) is 0 Å². The Morgan fingerprint density at radius 3 is 2.80 bits per heavy atom.